The van der Waals surface area contributed by atoms with Crippen LogP contribution in [0, 0.1) is 11.8 Å². The number of hydrogen-bond acceptors (Lipinski definition) is 2. The van der Waals surface area contributed by atoms with E-state index in [0.717, 1.165) is 38.5 Å². The second-order valence-electron chi connectivity index (χ2n) is 5.07. The fraction of sp³-hybridized carbons (Fsp3) is 0.714. The van der Waals surface area contributed by atoms with Gasteiger partial charge >= 0.3 is 0 Å². The highest BCUT2D eigenvalue weighted by Crippen LogP contribution is 2.30. The van der Waals surface area contributed by atoms with Crippen LogP contribution in [0.25, 0.3) is 0 Å². The molecule has 0 aromatic carbocycles. The van der Waals surface area contributed by atoms with Crippen molar-refractivity contribution in [3.8, 4) is 0 Å². The highest BCUT2D eigenvalue weighted by Gasteiger charge is 2.31. The molecule has 0 aromatic rings. The van der Waals surface area contributed by atoms with Gasteiger partial charge in [0.15, 0.2) is 0 Å². The van der Waals surface area contributed by atoms with Crippen molar-refractivity contribution in [2.24, 2.45) is 11.8 Å². The van der Waals surface area contributed by atoms with Crippen LogP contribution in [0.4, 0.5) is 0 Å². The standard InChI is InChI=1S/C14H22O2/c15-13(11-7-3-1-4-8-11)14(16)12-9-5-2-6-10-12/h1-3,5,11-16H,4,6-10H2. The summed E-state index contributed by atoms with van der Waals surface area (Å²) < 4.78 is 0. The summed E-state index contributed by atoms with van der Waals surface area (Å²) in [6.07, 6.45) is 13.4. The van der Waals surface area contributed by atoms with E-state index >= 15 is 0 Å². The van der Waals surface area contributed by atoms with Crippen molar-refractivity contribution in [2.75, 3.05) is 0 Å². The Kier molecular flexibility index (Phi) is 4.19. The molecule has 0 fully saturated rings. The SMILES string of the molecule is OC(C1CC=CCC1)C(O)C1CC=CCC1. The molecule has 2 rings (SSSR count). The zero-order valence-electron chi connectivity index (χ0n) is 9.76. The maximum absolute atomic E-state index is 10.2. The molecule has 0 heterocycles. The third-order valence-electron chi connectivity index (χ3n) is 3.94. The minimum atomic E-state index is -0.540. The third-order valence-corrected chi connectivity index (χ3v) is 3.94. The molecule has 2 aliphatic rings. The van der Waals surface area contributed by atoms with Gasteiger partial charge in [-0.1, -0.05) is 24.3 Å². The molecule has 4 unspecified atom stereocenters. The lowest BCUT2D eigenvalue weighted by atomic mass is 9.79. The summed E-state index contributed by atoms with van der Waals surface area (Å²) in [5.41, 5.74) is 0. The average molecular weight is 222 g/mol. The Balaban J connectivity index is 1.89. The van der Waals surface area contributed by atoms with Crippen molar-refractivity contribution in [3.63, 3.8) is 0 Å². The van der Waals surface area contributed by atoms with Crippen molar-refractivity contribution >= 4 is 0 Å². The molecule has 0 bridgehead atoms. The lowest BCUT2D eigenvalue weighted by molar-refractivity contribution is -0.0512. The predicted octanol–water partition coefficient (Wildman–Crippen LogP) is 2.42. The first kappa shape index (κ1) is 11.9. The number of rotatable bonds is 3. The van der Waals surface area contributed by atoms with Gasteiger partial charge in [0.05, 0.1) is 12.2 Å². The molecule has 2 aliphatic carbocycles. The summed E-state index contributed by atoms with van der Waals surface area (Å²) in [5.74, 6) is 0.511. The van der Waals surface area contributed by atoms with Crippen molar-refractivity contribution in [2.45, 2.75) is 50.7 Å². The van der Waals surface area contributed by atoms with Crippen LogP contribution in [0.3, 0.4) is 0 Å². The zero-order chi connectivity index (χ0) is 11.4. The molecule has 2 N–H and O–H groups in total. The van der Waals surface area contributed by atoms with Gasteiger partial charge in [0.1, 0.15) is 0 Å². The topological polar surface area (TPSA) is 40.5 Å². The second kappa shape index (κ2) is 5.65. The Morgan fingerprint density at radius 3 is 1.50 bits per heavy atom. The monoisotopic (exact) mass is 222 g/mol. The minimum absolute atomic E-state index is 0.255. The molecule has 0 amide bonds. The van der Waals surface area contributed by atoms with Crippen LogP contribution in [0.2, 0.25) is 0 Å². The van der Waals surface area contributed by atoms with E-state index in [4.69, 9.17) is 0 Å². The molecule has 90 valence electrons. The van der Waals surface area contributed by atoms with Gasteiger partial charge in [-0.2, -0.15) is 0 Å². The number of aliphatic hydroxyl groups excluding tert-OH is 2. The van der Waals surface area contributed by atoms with Gasteiger partial charge in [-0.25, -0.2) is 0 Å². The van der Waals surface area contributed by atoms with E-state index in [1.54, 1.807) is 0 Å². The Hall–Kier alpha value is -0.600. The van der Waals surface area contributed by atoms with E-state index in [2.05, 4.69) is 24.3 Å². The van der Waals surface area contributed by atoms with Crippen molar-refractivity contribution in [3.05, 3.63) is 24.3 Å². The van der Waals surface area contributed by atoms with Crippen LogP contribution in [-0.2, 0) is 0 Å². The average Bonchev–Trinajstić information content (AvgIpc) is 2.39. The molecule has 2 nitrogen and oxygen atoms in total. The van der Waals surface area contributed by atoms with Crippen LogP contribution < -0.4 is 0 Å². The normalized spacial score (nSPS) is 33.6. The molecule has 2 heteroatoms. The second-order valence-corrected chi connectivity index (χ2v) is 5.07. The van der Waals surface area contributed by atoms with Crippen LogP contribution in [0.15, 0.2) is 24.3 Å². The summed E-state index contributed by atoms with van der Waals surface area (Å²) in [4.78, 5) is 0. The summed E-state index contributed by atoms with van der Waals surface area (Å²) in [6, 6.07) is 0. The molecule has 0 saturated heterocycles. The van der Waals surface area contributed by atoms with Gasteiger partial charge in [-0.3, -0.25) is 0 Å². The first-order valence-electron chi connectivity index (χ1n) is 6.45. The summed E-state index contributed by atoms with van der Waals surface area (Å²) in [5, 5.41) is 20.4. The fourth-order valence-corrected chi connectivity index (χ4v) is 2.81. The van der Waals surface area contributed by atoms with Crippen molar-refractivity contribution < 1.29 is 10.2 Å². The maximum atomic E-state index is 10.2. The largest absolute Gasteiger partial charge is 0.390 e. The molecule has 0 spiro atoms. The third kappa shape index (κ3) is 2.74. The van der Waals surface area contributed by atoms with E-state index in [-0.39, 0.29) is 11.8 Å². The van der Waals surface area contributed by atoms with E-state index in [0.29, 0.717) is 0 Å². The molecular weight excluding hydrogens is 200 g/mol. The highest BCUT2D eigenvalue weighted by molar-refractivity contribution is 4.97. The number of aliphatic hydroxyl groups is 2. The maximum Gasteiger partial charge on any atom is 0.0833 e. The lowest BCUT2D eigenvalue weighted by Crippen LogP contribution is -2.39. The molecule has 0 radical (unpaired) electrons. The highest BCUT2D eigenvalue weighted by atomic mass is 16.3. The predicted molar refractivity (Wildman–Crippen MR) is 65.0 cm³/mol. The van der Waals surface area contributed by atoms with Gasteiger partial charge < -0.3 is 10.2 Å². The van der Waals surface area contributed by atoms with Crippen LogP contribution in [-0.4, -0.2) is 22.4 Å². The number of hydrogen-bond donors (Lipinski definition) is 2. The van der Waals surface area contributed by atoms with Gasteiger partial charge in [0.25, 0.3) is 0 Å². The Labute approximate surface area is 97.7 Å². The van der Waals surface area contributed by atoms with Crippen molar-refractivity contribution in [1.82, 2.24) is 0 Å². The van der Waals surface area contributed by atoms with Gasteiger partial charge in [0, 0.05) is 0 Å². The van der Waals surface area contributed by atoms with E-state index < -0.39 is 12.2 Å². The first-order chi connectivity index (χ1) is 7.79. The van der Waals surface area contributed by atoms with Crippen LogP contribution in [0.5, 0.6) is 0 Å². The summed E-state index contributed by atoms with van der Waals surface area (Å²) >= 11 is 0. The molecule has 0 aromatic heterocycles. The van der Waals surface area contributed by atoms with Gasteiger partial charge in [-0.05, 0) is 50.4 Å². The Morgan fingerprint density at radius 1 is 0.750 bits per heavy atom. The molecule has 4 atom stereocenters. The minimum Gasteiger partial charge on any atom is -0.390 e. The van der Waals surface area contributed by atoms with Crippen LogP contribution >= 0.6 is 0 Å². The zero-order valence-corrected chi connectivity index (χ0v) is 9.76. The first-order valence-corrected chi connectivity index (χ1v) is 6.45. The van der Waals surface area contributed by atoms with Crippen molar-refractivity contribution in [1.29, 1.82) is 0 Å². The fourth-order valence-electron chi connectivity index (χ4n) is 2.81. The molecule has 0 aliphatic heterocycles. The quantitative estimate of drug-likeness (QED) is 0.720. The Morgan fingerprint density at radius 2 is 1.19 bits per heavy atom. The Bertz CT molecular complexity index is 242. The number of allylic oxidation sites excluding steroid dienone is 4. The lowest BCUT2D eigenvalue weighted by Gasteiger charge is -2.33. The van der Waals surface area contributed by atoms with E-state index in [1.165, 1.54) is 0 Å². The summed E-state index contributed by atoms with van der Waals surface area (Å²) in [7, 11) is 0. The van der Waals surface area contributed by atoms with Gasteiger partial charge in [0.2, 0.25) is 0 Å². The summed E-state index contributed by atoms with van der Waals surface area (Å²) in [6.45, 7) is 0. The van der Waals surface area contributed by atoms with E-state index in [9.17, 15) is 10.2 Å². The van der Waals surface area contributed by atoms with E-state index in [1.807, 2.05) is 0 Å². The smallest absolute Gasteiger partial charge is 0.0833 e. The van der Waals surface area contributed by atoms with Crippen LogP contribution in [0.1, 0.15) is 38.5 Å². The molecular formula is C14H22O2. The van der Waals surface area contributed by atoms with Gasteiger partial charge in [-0.15, -0.1) is 0 Å². The molecule has 0 saturated carbocycles. The molecule has 16 heavy (non-hydrogen) atoms.